The number of fused-ring (bicyclic) bond motifs is 1. The van der Waals surface area contributed by atoms with Crippen molar-refractivity contribution < 1.29 is 4.52 Å². The number of rotatable bonds is 2. The molecule has 1 N–H and O–H groups in total. The van der Waals surface area contributed by atoms with Crippen LogP contribution in [0.25, 0.3) is 0 Å². The van der Waals surface area contributed by atoms with E-state index in [1.165, 1.54) is 24.0 Å². The maximum atomic E-state index is 5.44. The first kappa shape index (κ1) is 10.3. The Bertz CT molecular complexity index is 574. The predicted octanol–water partition coefficient (Wildman–Crippen LogP) is 2.18. The van der Waals surface area contributed by atoms with E-state index in [2.05, 4.69) is 39.7 Å². The molecular weight excluding hydrogens is 226 g/mol. The molecule has 0 spiro atoms. The summed E-state index contributed by atoms with van der Waals surface area (Å²) in [5, 5.41) is 7.57. The van der Waals surface area contributed by atoms with Gasteiger partial charge in [-0.05, 0) is 30.4 Å². The lowest BCUT2D eigenvalue weighted by molar-refractivity contribution is 0.340. The molecule has 1 aliphatic carbocycles. The third-order valence-electron chi connectivity index (χ3n) is 3.76. The third-order valence-corrected chi connectivity index (χ3v) is 3.76. The monoisotopic (exact) mass is 241 g/mol. The van der Waals surface area contributed by atoms with Crippen LogP contribution in [0.1, 0.15) is 47.6 Å². The van der Waals surface area contributed by atoms with Crippen molar-refractivity contribution in [2.45, 2.75) is 31.2 Å². The van der Waals surface area contributed by atoms with Gasteiger partial charge in [0.1, 0.15) is 6.04 Å². The summed E-state index contributed by atoms with van der Waals surface area (Å²) in [5.74, 6) is 2.14. The van der Waals surface area contributed by atoms with Gasteiger partial charge in [-0.25, -0.2) is 0 Å². The number of aromatic nitrogens is 2. The van der Waals surface area contributed by atoms with Crippen molar-refractivity contribution in [2.75, 3.05) is 6.54 Å². The Balaban J connectivity index is 1.71. The molecule has 0 bridgehead atoms. The molecule has 2 aromatic rings. The molecule has 2 aliphatic rings. The van der Waals surface area contributed by atoms with E-state index in [4.69, 9.17) is 4.52 Å². The SMILES string of the molecule is c1ccc2c(c1)CCNC2c1nc(C2CC2)no1. The highest BCUT2D eigenvalue weighted by Gasteiger charge is 2.31. The van der Waals surface area contributed by atoms with E-state index in [9.17, 15) is 0 Å². The fourth-order valence-electron chi connectivity index (χ4n) is 2.60. The van der Waals surface area contributed by atoms with Crippen molar-refractivity contribution in [3.63, 3.8) is 0 Å². The molecule has 4 heteroatoms. The number of nitrogens with zero attached hydrogens (tertiary/aromatic N) is 2. The van der Waals surface area contributed by atoms with Crippen LogP contribution in [0.15, 0.2) is 28.8 Å². The number of hydrogen-bond donors (Lipinski definition) is 1. The lowest BCUT2D eigenvalue weighted by Crippen LogP contribution is -2.30. The zero-order valence-corrected chi connectivity index (χ0v) is 10.1. The highest BCUT2D eigenvalue weighted by molar-refractivity contribution is 5.35. The first-order valence-electron chi connectivity index (χ1n) is 6.56. The summed E-state index contributed by atoms with van der Waals surface area (Å²) in [4.78, 5) is 4.55. The van der Waals surface area contributed by atoms with Gasteiger partial charge >= 0.3 is 0 Å². The van der Waals surface area contributed by atoms with Crippen molar-refractivity contribution in [1.82, 2.24) is 15.5 Å². The molecule has 18 heavy (non-hydrogen) atoms. The normalized spacial score (nSPS) is 22.8. The van der Waals surface area contributed by atoms with Gasteiger partial charge in [-0.3, -0.25) is 0 Å². The van der Waals surface area contributed by atoms with Gasteiger partial charge < -0.3 is 9.84 Å². The van der Waals surface area contributed by atoms with Gasteiger partial charge in [-0.1, -0.05) is 29.4 Å². The lowest BCUT2D eigenvalue weighted by atomic mass is 9.94. The number of nitrogens with one attached hydrogen (secondary N) is 1. The maximum Gasteiger partial charge on any atom is 0.248 e. The first-order chi connectivity index (χ1) is 8.92. The Morgan fingerprint density at radius 3 is 3.00 bits per heavy atom. The summed E-state index contributed by atoms with van der Waals surface area (Å²) in [7, 11) is 0. The third kappa shape index (κ3) is 1.64. The molecule has 4 nitrogen and oxygen atoms in total. The fourth-order valence-corrected chi connectivity index (χ4v) is 2.60. The van der Waals surface area contributed by atoms with Crippen LogP contribution in [0.5, 0.6) is 0 Å². The summed E-state index contributed by atoms with van der Waals surface area (Å²) in [6.45, 7) is 0.961. The van der Waals surface area contributed by atoms with Crippen molar-refractivity contribution >= 4 is 0 Å². The predicted molar refractivity (Wildman–Crippen MR) is 66.3 cm³/mol. The second-order valence-corrected chi connectivity index (χ2v) is 5.10. The van der Waals surface area contributed by atoms with Gasteiger partial charge in [-0.2, -0.15) is 4.98 Å². The first-order valence-corrected chi connectivity index (χ1v) is 6.56. The smallest absolute Gasteiger partial charge is 0.248 e. The Morgan fingerprint density at radius 2 is 2.11 bits per heavy atom. The highest BCUT2D eigenvalue weighted by atomic mass is 16.5. The van der Waals surface area contributed by atoms with Gasteiger partial charge in [0.25, 0.3) is 0 Å². The average molecular weight is 241 g/mol. The van der Waals surface area contributed by atoms with Gasteiger partial charge in [0.2, 0.25) is 5.89 Å². The Morgan fingerprint density at radius 1 is 1.22 bits per heavy atom. The largest absolute Gasteiger partial charge is 0.337 e. The lowest BCUT2D eigenvalue weighted by Gasteiger charge is -2.23. The minimum Gasteiger partial charge on any atom is -0.337 e. The zero-order valence-electron chi connectivity index (χ0n) is 10.1. The molecule has 0 saturated heterocycles. The van der Waals surface area contributed by atoms with E-state index in [0.717, 1.165) is 18.8 Å². The van der Waals surface area contributed by atoms with E-state index in [1.54, 1.807) is 0 Å². The van der Waals surface area contributed by atoms with E-state index in [-0.39, 0.29) is 6.04 Å². The van der Waals surface area contributed by atoms with Crippen LogP contribution in [0.4, 0.5) is 0 Å². The van der Waals surface area contributed by atoms with E-state index < -0.39 is 0 Å². The van der Waals surface area contributed by atoms with Crippen LogP contribution in [-0.2, 0) is 6.42 Å². The Hall–Kier alpha value is -1.68. The summed E-state index contributed by atoms with van der Waals surface area (Å²) in [6.07, 6.45) is 3.47. The van der Waals surface area contributed by atoms with Gasteiger partial charge in [0.15, 0.2) is 5.82 Å². The quantitative estimate of drug-likeness (QED) is 0.875. The minimum atomic E-state index is 0.0648. The van der Waals surface area contributed by atoms with Gasteiger partial charge in [0, 0.05) is 12.5 Å². The molecule has 1 unspecified atom stereocenters. The second-order valence-electron chi connectivity index (χ2n) is 5.10. The molecule has 1 aromatic heterocycles. The standard InChI is InChI=1S/C14H15N3O/c1-2-4-11-9(3-1)7-8-15-12(11)14-16-13(17-18-14)10-5-6-10/h1-4,10,12,15H,5-8H2. The molecule has 1 fully saturated rings. The Kier molecular flexibility index (Phi) is 2.23. The summed E-state index contributed by atoms with van der Waals surface area (Å²) in [5.41, 5.74) is 2.65. The minimum absolute atomic E-state index is 0.0648. The summed E-state index contributed by atoms with van der Waals surface area (Å²) >= 11 is 0. The average Bonchev–Trinajstić information content (AvgIpc) is 3.16. The van der Waals surface area contributed by atoms with Crippen LogP contribution < -0.4 is 5.32 Å². The molecule has 1 saturated carbocycles. The maximum absolute atomic E-state index is 5.44. The van der Waals surface area contributed by atoms with Crippen LogP contribution in [0.2, 0.25) is 0 Å². The summed E-state index contributed by atoms with van der Waals surface area (Å²) in [6, 6.07) is 8.55. The molecule has 2 heterocycles. The molecular formula is C14H15N3O. The molecule has 1 aromatic carbocycles. The molecule has 0 amide bonds. The van der Waals surface area contributed by atoms with Crippen LogP contribution >= 0.6 is 0 Å². The molecule has 0 radical (unpaired) electrons. The molecule has 4 rings (SSSR count). The van der Waals surface area contributed by atoms with E-state index >= 15 is 0 Å². The fraction of sp³-hybridized carbons (Fsp3) is 0.429. The zero-order chi connectivity index (χ0) is 11.9. The number of hydrogen-bond acceptors (Lipinski definition) is 4. The van der Waals surface area contributed by atoms with E-state index in [1.807, 2.05) is 0 Å². The second kappa shape index (κ2) is 3.92. The van der Waals surface area contributed by atoms with E-state index in [0.29, 0.717) is 11.8 Å². The van der Waals surface area contributed by atoms with Crippen LogP contribution in [-0.4, -0.2) is 16.7 Å². The summed E-state index contributed by atoms with van der Waals surface area (Å²) < 4.78 is 5.44. The molecule has 1 atom stereocenters. The van der Waals surface area contributed by atoms with Crippen molar-refractivity contribution in [3.05, 3.63) is 47.1 Å². The van der Waals surface area contributed by atoms with Crippen molar-refractivity contribution in [2.24, 2.45) is 0 Å². The van der Waals surface area contributed by atoms with Gasteiger partial charge in [0.05, 0.1) is 0 Å². The topological polar surface area (TPSA) is 51.0 Å². The highest BCUT2D eigenvalue weighted by Crippen LogP contribution is 2.39. The van der Waals surface area contributed by atoms with Gasteiger partial charge in [-0.15, -0.1) is 0 Å². The molecule has 92 valence electrons. The van der Waals surface area contributed by atoms with Crippen LogP contribution in [0, 0.1) is 0 Å². The Labute approximate surface area is 105 Å². The van der Waals surface area contributed by atoms with Crippen LogP contribution in [0.3, 0.4) is 0 Å². The van der Waals surface area contributed by atoms with Crippen molar-refractivity contribution in [1.29, 1.82) is 0 Å². The van der Waals surface area contributed by atoms with Crippen molar-refractivity contribution in [3.8, 4) is 0 Å². The number of benzene rings is 1. The molecule has 1 aliphatic heterocycles.